The van der Waals surface area contributed by atoms with Gasteiger partial charge in [0, 0.05) is 11.4 Å². The number of nitro groups is 1. The monoisotopic (exact) mass is 331 g/mol. The third kappa shape index (κ3) is 4.86. The molecule has 0 bridgehead atoms. The van der Waals surface area contributed by atoms with Gasteiger partial charge in [-0.15, -0.1) is 0 Å². The van der Waals surface area contributed by atoms with E-state index < -0.39 is 16.7 Å². The zero-order valence-electron chi connectivity index (χ0n) is 10.8. The molecule has 1 rings (SSSR count). The maximum atomic E-state index is 11.5. The first-order valence-electron chi connectivity index (χ1n) is 5.47. The number of carbonyl (C=O) groups is 1. The number of ether oxygens (including phenoxy) is 2. The van der Waals surface area contributed by atoms with E-state index in [1.807, 2.05) is 0 Å². The summed E-state index contributed by atoms with van der Waals surface area (Å²) in [5.41, 5.74) is -0.251. The van der Waals surface area contributed by atoms with Crippen LogP contribution in [0.3, 0.4) is 0 Å². The third-order valence-corrected chi connectivity index (χ3v) is 2.61. The first kappa shape index (κ1) is 15.4. The summed E-state index contributed by atoms with van der Waals surface area (Å²) >= 11 is 3.23. The number of rotatable bonds is 3. The van der Waals surface area contributed by atoms with Crippen molar-refractivity contribution in [3.05, 3.63) is 33.9 Å². The average molecular weight is 332 g/mol. The molecular weight excluding hydrogens is 318 g/mol. The lowest BCUT2D eigenvalue weighted by Crippen LogP contribution is -2.26. The Kier molecular flexibility index (Phi) is 4.88. The van der Waals surface area contributed by atoms with Gasteiger partial charge in [-0.2, -0.15) is 0 Å². The second kappa shape index (κ2) is 6.01. The van der Waals surface area contributed by atoms with E-state index in [-0.39, 0.29) is 11.4 Å². The Labute approximate surface area is 119 Å². The van der Waals surface area contributed by atoms with Crippen molar-refractivity contribution in [1.82, 2.24) is 0 Å². The standard InChI is InChI=1S/C12H14BrNO5/c1-12(2,3)19-11(15)18-10-6-8(7-13)4-5-9(10)14(16)17/h4-6H,7H2,1-3H3. The van der Waals surface area contributed by atoms with Gasteiger partial charge in [0.2, 0.25) is 5.75 Å². The fourth-order valence-corrected chi connectivity index (χ4v) is 1.58. The summed E-state index contributed by atoms with van der Waals surface area (Å²) in [6.07, 6.45) is -0.970. The molecule has 1 aromatic carbocycles. The van der Waals surface area contributed by atoms with E-state index in [1.54, 1.807) is 26.8 Å². The Balaban J connectivity index is 2.98. The number of nitrogens with zero attached hydrogens (tertiary/aromatic N) is 1. The first-order chi connectivity index (χ1) is 8.73. The number of hydrogen-bond donors (Lipinski definition) is 0. The molecule has 0 saturated carbocycles. The summed E-state index contributed by atoms with van der Waals surface area (Å²) in [7, 11) is 0. The van der Waals surface area contributed by atoms with Gasteiger partial charge in [-0.3, -0.25) is 10.1 Å². The summed E-state index contributed by atoms with van der Waals surface area (Å²) in [6.45, 7) is 5.03. The van der Waals surface area contributed by atoms with Crippen molar-refractivity contribution in [2.24, 2.45) is 0 Å². The van der Waals surface area contributed by atoms with Crippen LogP contribution >= 0.6 is 15.9 Å². The molecule has 0 N–H and O–H groups in total. The third-order valence-electron chi connectivity index (χ3n) is 1.96. The fraction of sp³-hybridized carbons (Fsp3) is 0.417. The van der Waals surface area contributed by atoms with E-state index in [1.165, 1.54) is 12.1 Å². The molecule has 0 aliphatic carbocycles. The Morgan fingerprint density at radius 2 is 2.05 bits per heavy atom. The summed E-state index contributed by atoms with van der Waals surface area (Å²) < 4.78 is 9.86. The molecule has 0 aliphatic heterocycles. The van der Waals surface area contributed by atoms with Crippen LogP contribution in [-0.4, -0.2) is 16.7 Å². The highest BCUT2D eigenvalue weighted by molar-refractivity contribution is 9.08. The molecular formula is C12H14BrNO5. The number of nitro benzene ring substituents is 1. The van der Waals surface area contributed by atoms with Crippen LogP contribution in [0.4, 0.5) is 10.5 Å². The second-order valence-electron chi connectivity index (χ2n) is 4.76. The molecule has 0 aromatic heterocycles. The summed E-state index contributed by atoms with van der Waals surface area (Å²) in [5, 5.41) is 11.3. The maximum absolute atomic E-state index is 11.5. The smallest absolute Gasteiger partial charge is 0.428 e. The molecule has 0 unspecified atom stereocenters. The van der Waals surface area contributed by atoms with Crippen LogP contribution in [0.15, 0.2) is 18.2 Å². The summed E-state index contributed by atoms with van der Waals surface area (Å²) in [6, 6.07) is 4.29. The topological polar surface area (TPSA) is 78.7 Å². The van der Waals surface area contributed by atoms with Crippen LogP contribution in [-0.2, 0) is 10.1 Å². The predicted octanol–water partition coefficient (Wildman–Crippen LogP) is 3.80. The minimum absolute atomic E-state index is 0.129. The van der Waals surface area contributed by atoms with Crippen molar-refractivity contribution in [1.29, 1.82) is 0 Å². The highest BCUT2D eigenvalue weighted by Gasteiger charge is 2.23. The zero-order chi connectivity index (χ0) is 14.6. The zero-order valence-corrected chi connectivity index (χ0v) is 12.4. The van der Waals surface area contributed by atoms with Gasteiger partial charge in [0.15, 0.2) is 0 Å². The van der Waals surface area contributed by atoms with Gasteiger partial charge in [0.25, 0.3) is 0 Å². The molecule has 0 radical (unpaired) electrons. The lowest BCUT2D eigenvalue weighted by Gasteiger charge is -2.18. The van der Waals surface area contributed by atoms with Crippen molar-refractivity contribution in [2.75, 3.05) is 0 Å². The normalized spacial score (nSPS) is 10.9. The quantitative estimate of drug-likeness (QED) is 0.276. The average Bonchev–Trinajstić information content (AvgIpc) is 2.25. The second-order valence-corrected chi connectivity index (χ2v) is 5.32. The van der Waals surface area contributed by atoms with E-state index >= 15 is 0 Å². The van der Waals surface area contributed by atoms with E-state index in [4.69, 9.17) is 9.47 Å². The maximum Gasteiger partial charge on any atom is 0.514 e. The van der Waals surface area contributed by atoms with Crippen LogP contribution in [0, 0.1) is 10.1 Å². The molecule has 0 fully saturated rings. The van der Waals surface area contributed by atoms with Crippen molar-refractivity contribution < 1.29 is 19.2 Å². The summed E-state index contributed by atoms with van der Waals surface area (Å²) in [5.74, 6) is -0.129. The number of carbonyl (C=O) groups excluding carboxylic acids is 1. The summed E-state index contributed by atoms with van der Waals surface area (Å²) in [4.78, 5) is 21.8. The minimum Gasteiger partial charge on any atom is -0.428 e. The first-order valence-corrected chi connectivity index (χ1v) is 6.59. The van der Waals surface area contributed by atoms with Crippen molar-refractivity contribution in [2.45, 2.75) is 31.7 Å². The number of hydrogen-bond acceptors (Lipinski definition) is 5. The lowest BCUT2D eigenvalue weighted by atomic mass is 10.2. The Bertz CT molecular complexity index is 495. The number of benzene rings is 1. The molecule has 0 spiro atoms. The van der Waals surface area contributed by atoms with Gasteiger partial charge in [-0.25, -0.2) is 4.79 Å². The van der Waals surface area contributed by atoms with Gasteiger partial charge < -0.3 is 9.47 Å². The lowest BCUT2D eigenvalue weighted by molar-refractivity contribution is -0.385. The predicted molar refractivity (Wildman–Crippen MR) is 72.6 cm³/mol. The minimum atomic E-state index is -0.970. The van der Waals surface area contributed by atoms with Crippen LogP contribution in [0.1, 0.15) is 26.3 Å². The molecule has 0 amide bonds. The molecule has 6 nitrogen and oxygen atoms in total. The van der Waals surface area contributed by atoms with E-state index in [0.717, 1.165) is 5.56 Å². The van der Waals surface area contributed by atoms with E-state index in [0.29, 0.717) is 5.33 Å². The highest BCUT2D eigenvalue weighted by atomic mass is 79.9. The van der Waals surface area contributed by atoms with Crippen LogP contribution in [0.2, 0.25) is 0 Å². The molecule has 0 heterocycles. The van der Waals surface area contributed by atoms with E-state index in [2.05, 4.69) is 15.9 Å². The number of halogens is 1. The van der Waals surface area contributed by atoms with Gasteiger partial charge in [0.05, 0.1) is 4.92 Å². The molecule has 0 atom stereocenters. The van der Waals surface area contributed by atoms with Crippen LogP contribution < -0.4 is 4.74 Å². The Morgan fingerprint density at radius 1 is 1.42 bits per heavy atom. The molecule has 1 aromatic rings. The van der Waals surface area contributed by atoms with E-state index in [9.17, 15) is 14.9 Å². The molecule has 19 heavy (non-hydrogen) atoms. The Hall–Kier alpha value is -1.63. The largest absolute Gasteiger partial charge is 0.514 e. The molecule has 0 aliphatic rings. The van der Waals surface area contributed by atoms with Crippen molar-refractivity contribution in [3.8, 4) is 5.75 Å². The van der Waals surface area contributed by atoms with Crippen molar-refractivity contribution >= 4 is 27.8 Å². The van der Waals surface area contributed by atoms with Crippen LogP contribution in [0.25, 0.3) is 0 Å². The SMILES string of the molecule is CC(C)(C)OC(=O)Oc1cc(CBr)ccc1[N+](=O)[O-]. The van der Waals surface area contributed by atoms with Gasteiger partial charge >= 0.3 is 11.8 Å². The van der Waals surface area contributed by atoms with Crippen molar-refractivity contribution in [3.63, 3.8) is 0 Å². The fourth-order valence-electron chi connectivity index (χ4n) is 1.23. The molecule has 0 saturated heterocycles. The van der Waals surface area contributed by atoms with Gasteiger partial charge in [-0.05, 0) is 32.4 Å². The van der Waals surface area contributed by atoms with Gasteiger partial charge in [-0.1, -0.05) is 22.0 Å². The molecule has 104 valence electrons. The molecule has 7 heteroatoms. The number of alkyl halides is 1. The Morgan fingerprint density at radius 3 is 2.53 bits per heavy atom. The van der Waals surface area contributed by atoms with Crippen LogP contribution in [0.5, 0.6) is 5.75 Å². The van der Waals surface area contributed by atoms with Gasteiger partial charge in [0.1, 0.15) is 5.60 Å². The highest BCUT2D eigenvalue weighted by Crippen LogP contribution is 2.29.